The van der Waals surface area contributed by atoms with E-state index in [4.69, 9.17) is 28.9 Å². The molecule has 1 unspecified atom stereocenters. The highest BCUT2D eigenvalue weighted by Crippen LogP contribution is 2.26. The van der Waals surface area contributed by atoms with E-state index in [9.17, 15) is 4.79 Å². The Hall–Kier alpha value is -0.940. The van der Waals surface area contributed by atoms with Gasteiger partial charge in [0.1, 0.15) is 10.7 Å². The van der Waals surface area contributed by atoms with E-state index in [1.165, 1.54) is 11.3 Å². The highest BCUT2D eigenvalue weighted by Gasteiger charge is 2.16. The Labute approximate surface area is 125 Å². The second-order valence-electron chi connectivity index (χ2n) is 4.16. The van der Waals surface area contributed by atoms with Crippen molar-refractivity contribution in [2.24, 2.45) is 5.73 Å². The second kappa shape index (κ2) is 6.01. The SMILES string of the molecule is CC(N)c1nc(C(=O)Cc2c(Cl)cccc2Cl)cs1. The van der Waals surface area contributed by atoms with Crippen LogP contribution in [0.4, 0.5) is 0 Å². The van der Waals surface area contributed by atoms with E-state index in [0.717, 1.165) is 5.01 Å². The van der Waals surface area contributed by atoms with Crippen molar-refractivity contribution in [3.63, 3.8) is 0 Å². The summed E-state index contributed by atoms with van der Waals surface area (Å²) in [4.78, 5) is 16.4. The molecule has 0 aliphatic carbocycles. The van der Waals surface area contributed by atoms with E-state index < -0.39 is 0 Å². The molecule has 0 saturated heterocycles. The van der Waals surface area contributed by atoms with Crippen LogP contribution in [0.5, 0.6) is 0 Å². The van der Waals surface area contributed by atoms with Crippen LogP contribution in [-0.2, 0) is 6.42 Å². The van der Waals surface area contributed by atoms with Gasteiger partial charge in [-0.2, -0.15) is 0 Å². The van der Waals surface area contributed by atoms with E-state index in [-0.39, 0.29) is 18.2 Å². The van der Waals surface area contributed by atoms with Gasteiger partial charge in [-0.25, -0.2) is 4.98 Å². The first kappa shape index (κ1) is 14.5. The first-order valence-corrected chi connectivity index (χ1v) is 7.29. The zero-order valence-electron chi connectivity index (χ0n) is 10.2. The van der Waals surface area contributed by atoms with Gasteiger partial charge in [-0.15, -0.1) is 11.3 Å². The molecular weight excluding hydrogens is 303 g/mol. The van der Waals surface area contributed by atoms with Crippen molar-refractivity contribution in [3.05, 3.63) is 49.9 Å². The van der Waals surface area contributed by atoms with E-state index in [1.807, 2.05) is 6.92 Å². The molecular formula is C13H12Cl2N2OS. The Balaban J connectivity index is 2.21. The summed E-state index contributed by atoms with van der Waals surface area (Å²) in [5.41, 5.74) is 6.76. The first-order valence-electron chi connectivity index (χ1n) is 5.66. The number of thiazole rings is 1. The Morgan fingerprint density at radius 1 is 1.42 bits per heavy atom. The van der Waals surface area contributed by atoms with Gasteiger partial charge in [0, 0.05) is 21.8 Å². The molecule has 3 nitrogen and oxygen atoms in total. The van der Waals surface area contributed by atoms with Gasteiger partial charge in [0.25, 0.3) is 0 Å². The van der Waals surface area contributed by atoms with Crippen LogP contribution in [0.1, 0.15) is 34.0 Å². The van der Waals surface area contributed by atoms with Crippen LogP contribution in [0.2, 0.25) is 10.0 Å². The van der Waals surface area contributed by atoms with Crippen molar-refractivity contribution in [1.29, 1.82) is 0 Å². The number of benzene rings is 1. The molecule has 19 heavy (non-hydrogen) atoms. The van der Waals surface area contributed by atoms with Crippen molar-refractivity contribution >= 4 is 40.3 Å². The molecule has 0 amide bonds. The number of hydrogen-bond acceptors (Lipinski definition) is 4. The van der Waals surface area contributed by atoms with Crippen LogP contribution in [0.25, 0.3) is 0 Å². The van der Waals surface area contributed by atoms with Crippen molar-refractivity contribution in [1.82, 2.24) is 4.98 Å². The van der Waals surface area contributed by atoms with Crippen LogP contribution < -0.4 is 5.73 Å². The number of rotatable bonds is 4. The number of aromatic nitrogens is 1. The number of nitrogens with two attached hydrogens (primary N) is 1. The minimum absolute atomic E-state index is 0.113. The fourth-order valence-electron chi connectivity index (χ4n) is 1.58. The Bertz CT molecular complexity index is 590. The highest BCUT2D eigenvalue weighted by atomic mass is 35.5. The fourth-order valence-corrected chi connectivity index (χ4v) is 2.89. The molecule has 0 saturated carbocycles. The van der Waals surface area contributed by atoms with E-state index in [1.54, 1.807) is 23.6 Å². The summed E-state index contributed by atoms with van der Waals surface area (Å²) in [5.74, 6) is -0.113. The van der Waals surface area contributed by atoms with E-state index in [2.05, 4.69) is 4.98 Å². The van der Waals surface area contributed by atoms with Gasteiger partial charge in [0.05, 0.1) is 6.04 Å². The molecule has 0 fully saturated rings. The highest BCUT2D eigenvalue weighted by molar-refractivity contribution is 7.09. The third-order valence-corrected chi connectivity index (χ3v) is 4.35. The minimum atomic E-state index is -0.171. The van der Waals surface area contributed by atoms with Crippen molar-refractivity contribution in [2.75, 3.05) is 0 Å². The molecule has 0 spiro atoms. The van der Waals surface area contributed by atoms with Crippen LogP contribution >= 0.6 is 34.5 Å². The molecule has 1 heterocycles. The maximum Gasteiger partial charge on any atom is 0.186 e. The number of hydrogen-bond donors (Lipinski definition) is 1. The predicted octanol–water partition coefficient (Wildman–Crippen LogP) is 3.90. The van der Waals surface area contributed by atoms with Gasteiger partial charge in [0.2, 0.25) is 0 Å². The van der Waals surface area contributed by atoms with Crippen molar-refractivity contribution in [3.8, 4) is 0 Å². The van der Waals surface area contributed by atoms with Gasteiger partial charge in [-0.1, -0.05) is 29.3 Å². The maximum atomic E-state index is 12.1. The lowest BCUT2D eigenvalue weighted by Crippen LogP contribution is -2.08. The van der Waals surface area contributed by atoms with E-state index in [0.29, 0.717) is 21.3 Å². The number of halogens is 2. The van der Waals surface area contributed by atoms with E-state index >= 15 is 0 Å². The van der Waals surface area contributed by atoms with Crippen LogP contribution in [0, 0.1) is 0 Å². The molecule has 2 rings (SSSR count). The molecule has 0 radical (unpaired) electrons. The summed E-state index contributed by atoms with van der Waals surface area (Å²) < 4.78 is 0. The predicted molar refractivity (Wildman–Crippen MR) is 79.2 cm³/mol. The molecule has 2 N–H and O–H groups in total. The maximum absolute atomic E-state index is 12.1. The molecule has 1 aromatic heterocycles. The molecule has 0 aliphatic rings. The van der Waals surface area contributed by atoms with Crippen LogP contribution in [0.3, 0.4) is 0 Å². The quantitative estimate of drug-likeness (QED) is 0.871. The monoisotopic (exact) mass is 314 g/mol. The fraction of sp³-hybridized carbons (Fsp3) is 0.231. The summed E-state index contributed by atoms with van der Waals surface area (Å²) in [7, 11) is 0. The lowest BCUT2D eigenvalue weighted by molar-refractivity contribution is 0.0988. The third-order valence-electron chi connectivity index (χ3n) is 2.60. The number of nitrogens with zero attached hydrogens (tertiary/aromatic N) is 1. The Kier molecular flexibility index (Phi) is 4.58. The third kappa shape index (κ3) is 3.34. The lowest BCUT2D eigenvalue weighted by Gasteiger charge is -2.04. The smallest absolute Gasteiger partial charge is 0.186 e. The van der Waals surface area contributed by atoms with Gasteiger partial charge in [0.15, 0.2) is 5.78 Å². The van der Waals surface area contributed by atoms with Gasteiger partial charge in [-0.05, 0) is 24.6 Å². The Morgan fingerprint density at radius 2 is 2.05 bits per heavy atom. The molecule has 6 heteroatoms. The average molecular weight is 315 g/mol. The molecule has 0 aliphatic heterocycles. The summed E-state index contributed by atoms with van der Waals surface area (Å²) in [6.07, 6.45) is 0.140. The number of Topliss-reactive ketones (excluding diaryl/α,β-unsaturated/α-hetero) is 1. The summed E-state index contributed by atoms with van der Waals surface area (Å²) in [5, 5.41) is 3.44. The largest absolute Gasteiger partial charge is 0.322 e. The van der Waals surface area contributed by atoms with Crippen LogP contribution in [0.15, 0.2) is 23.6 Å². The lowest BCUT2D eigenvalue weighted by atomic mass is 10.1. The summed E-state index contributed by atoms with van der Waals surface area (Å²) in [6, 6.07) is 5.00. The number of carbonyl (C=O) groups excluding carboxylic acids is 1. The molecule has 100 valence electrons. The van der Waals surface area contributed by atoms with Gasteiger partial charge >= 0.3 is 0 Å². The van der Waals surface area contributed by atoms with Crippen LogP contribution in [-0.4, -0.2) is 10.8 Å². The first-order chi connectivity index (χ1) is 8.99. The zero-order valence-corrected chi connectivity index (χ0v) is 12.5. The van der Waals surface area contributed by atoms with Crippen molar-refractivity contribution in [2.45, 2.75) is 19.4 Å². The minimum Gasteiger partial charge on any atom is -0.322 e. The van der Waals surface area contributed by atoms with Gasteiger partial charge in [-0.3, -0.25) is 4.79 Å². The Morgan fingerprint density at radius 3 is 2.58 bits per heavy atom. The topological polar surface area (TPSA) is 56.0 Å². The molecule has 0 bridgehead atoms. The molecule has 2 aromatic rings. The number of ketones is 1. The summed E-state index contributed by atoms with van der Waals surface area (Å²) >= 11 is 13.5. The average Bonchev–Trinajstić information content (AvgIpc) is 2.83. The second-order valence-corrected chi connectivity index (χ2v) is 5.86. The standard InChI is InChI=1S/C13H12Cl2N2OS/c1-7(16)13-17-11(6-19-13)12(18)5-8-9(14)3-2-4-10(8)15/h2-4,6-7H,5,16H2,1H3. The zero-order chi connectivity index (χ0) is 14.0. The summed E-state index contributed by atoms with van der Waals surface area (Å²) in [6.45, 7) is 1.83. The van der Waals surface area contributed by atoms with Gasteiger partial charge < -0.3 is 5.73 Å². The van der Waals surface area contributed by atoms with Crippen molar-refractivity contribution < 1.29 is 4.79 Å². The molecule has 1 atom stereocenters. The normalized spacial score (nSPS) is 12.4. The molecule has 1 aromatic carbocycles. The number of carbonyl (C=O) groups is 1.